The van der Waals surface area contributed by atoms with Gasteiger partial charge in [0, 0.05) is 139 Å². The van der Waals surface area contributed by atoms with Crippen molar-refractivity contribution in [2.45, 2.75) is 290 Å². The molecule has 0 bridgehead atoms. The van der Waals surface area contributed by atoms with Crippen molar-refractivity contribution in [1.29, 1.82) is 0 Å². The second kappa shape index (κ2) is 62.1. The minimum atomic E-state index is -0.927. The van der Waals surface area contributed by atoms with Gasteiger partial charge in [0.05, 0.1) is 0 Å². The van der Waals surface area contributed by atoms with E-state index in [1.54, 1.807) is 0 Å². The van der Waals surface area contributed by atoms with Crippen LogP contribution in [0.3, 0.4) is 0 Å². The smallest absolute Gasteiger partial charge is 0.242 e. The van der Waals surface area contributed by atoms with Crippen molar-refractivity contribution in [3.05, 3.63) is 0 Å². The second-order valence-corrected chi connectivity index (χ2v) is 25.7. The van der Waals surface area contributed by atoms with Crippen LogP contribution in [0.4, 0.5) is 0 Å². The van der Waals surface area contributed by atoms with Crippen LogP contribution < -0.4 is 80.2 Å². The molecule has 4 unspecified atom stereocenters. The number of primary amides is 1. The molecule has 100 heavy (non-hydrogen) atoms. The molecule has 30 nitrogen and oxygen atoms in total. The van der Waals surface area contributed by atoms with Crippen molar-refractivity contribution in [2.24, 2.45) is 5.73 Å². The van der Waals surface area contributed by atoms with Crippen LogP contribution in [0, 0.1) is 0 Å². The molecule has 0 spiro atoms. The molecule has 0 saturated carbocycles. The topological polar surface area (TPSA) is 450 Å². The van der Waals surface area contributed by atoms with Gasteiger partial charge in [0.1, 0.15) is 24.2 Å². The van der Waals surface area contributed by atoms with Crippen LogP contribution >= 0.6 is 0 Å². The molecule has 0 radical (unpaired) electrons. The Balaban J connectivity index is 5.95. The summed E-state index contributed by atoms with van der Waals surface area (Å²) in [5.74, 6) is -3.95. The molecule has 0 aliphatic heterocycles. The zero-order valence-corrected chi connectivity index (χ0v) is 61.0. The van der Waals surface area contributed by atoms with Gasteiger partial charge in [-0.1, -0.05) is 38.5 Å². The van der Waals surface area contributed by atoms with E-state index in [0.29, 0.717) is 213 Å². The maximum atomic E-state index is 13.9. The van der Waals surface area contributed by atoms with E-state index in [-0.39, 0.29) is 142 Å². The van der Waals surface area contributed by atoms with Crippen LogP contribution in [0.5, 0.6) is 0 Å². The van der Waals surface area contributed by atoms with Crippen molar-refractivity contribution in [3.63, 3.8) is 0 Å². The molecule has 0 aliphatic rings. The molecule has 15 amide bonds. The maximum absolute atomic E-state index is 13.9. The zero-order chi connectivity index (χ0) is 74.4. The van der Waals surface area contributed by atoms with Gasteiger partial charge in [-0.05, 0) is 154 Å². The van der Waals surface area contributed by atoms with E-state index in [1.165, 1.54) is 34.6 Å². The molecule has 0 aromatic carbocycles. The highest BCUT2D eigenvalue weighted by atomic mass is 16.2. The number of rotatable bonds is 64. The third-order valence-electron chi connectivity index (χ3n) is 16.2. The monoisotopic (exact) mass is 1420 g/mol. The molecule has 572 valence electrons. The summed E-state index contributed by atoms with van der Waals surface area (Å²) in [6, 6.07) is -3.54. The first-order valence-corrected chi connectivity index (χ1v) is 36.9. The molecule has 4 atom stereocenters. The van der Waals surface area contributed by atoms with Gasteiger partial charge in [0.25, 0.3) is 0 Å². The molecule has 16 N–H and O–H groups in total. The molecule has 0 rings (SSSR count). The van der Waals surface area contributed by atoms with E-state index in [0.717, 1.165) is 12.8 Å². The summed E-state index contributed by atoms with van der Waals surface area (Å²) >= 11 is 0. The molecule has 0 heterocycles. The van der Waals surface area contributed by atoms with Gasteiger partial charge in [0.2, 0.25) is 88.6 Å². The quantitative estimate of drug-likeness (QED) is 0.0389. The Hall–Kier alpha value is -7.95. The Bertz CT molecular complexity index is 2440. The van der Waals surface area contributed by atoms with Gasteiger partial charge in [-0.15, -0.1) is 0 Å². The highest BCUT2D eigenvalue weighted by molar-refractivity contribution is 5.90. The van der Waals surface area contributed by atoms with Gasteiger partial charge < -0.3 is 80.2 Å². The van der Waals surface area contributed by atoms with Crippen molar-refractivity contribution in [3.8, 4) is 0 Å². The summed E-state index contributed by atoms with van der Waals surface area (Å²) in [4.78, 5) is 187. The van der Waals surface area contributed by atoms with Crippen molar-refractivity contribution >= 4 is 88.6 Å². The molecular formula is C70H127N15O15. The Labute approximate surface area is 593 Å². The molecule has 30 heteroatoms. The number of hydrogen-bond acceptors (Lipinski definition) is 15. The fraction of sp³-hybridized carbons (Fsp3) is 0.786. The zero-order valence-electron chi connectivity index (χ0n) is 61.0. The molecule has 0 aromatic rings. The first-order valence-electron chi connectivity index (χ1n) is 36.9. The Morgan fingerprint density at radius 2 is 0.390 bits per heavy atom. The summed E-state index contributed by atoms with van der Waals surface area (Å²) in [6.45, 7) is 11.0. The number of carbonyl (C=O) groups is 15. The maximum Gasteiger partial charge on any atom is 0.242 e. The van der Waals surface area contributed by atoms with Crippen molar-refractivity contribution < 1.29 is 71.9 Å². The summed E-state index contributed by atoms with van der Waals surface area (Å²) in [7, 11) is 0. The lowest BCUT2D eigenvalue weighted by molar-refractivity contribution is -0.129. The minimum absolute atomic E-state index is 0.0875. The highest BCUT2D eigenvalue weighted by Crippen LogP contribution is 2.11. The lowest BCUT2D eigenvalue weighted by Gasteiger charge is -2.21. The van der Waals surface area contributed by atoms with Gasteiger partial charge >= 0.3 is 0 Å². The van der Waals surface area contributed by atoms with Gasteiger partial charge in [0.15, 0.2) is 0 Å². The number of unbranched alkanes of at least 4 members (excludes halogenated alkanes) is 16. The molecule has 0 saturated heterocycles. The Morgan fingerprint density at radius 3 is 0.600 bits per heavy atom. The second-order valence-electron chi connectivity index (χ2n) is 25.7. The average Bonchev–Trinajstić information content (AvgIpc) is 1.03. The first kappa shape index (κ1) is 92.1. The number of nitrogens with two attached hydrogens (primary N) is 1. The standard InChI is InChI=1S/C70H127N15O15/c1-52(86)72-42-22-7-13-37-62(92)77-47-28-18-32-57(82-63(93)38-14-8-23-43-73-53(2)87)68(98)79-49-30-20-34-59(84-65(95)40-16-10-25-45-75-55(4)89)70(100)81-51-31-21-35-60(85-66(96)41-17-11-26-46-76-56(5)90)69(99)80-50-29-19-33-58(67(97)78-48-27-6-12-36-61(71)91)83-64(94)39-15-9-24-44-74-54(3)88/h57-60H,6-51H2,1-5H3,(H2,71,91)(H,72,86)(H,73,87)(H,74,88)(H,75,89)(H,76,90)(H,77,92)(H,78,97)(H,79,98)(H,80,99)(H,81,100)(H,82,93)(H,83,94)(H,84,95)(H,85,96). The van der Waals surface area contributed by atoms with Crippen LogP contribution in [0.1, 0.15) is 266 Å². The predicted molar refractivity (Wildman–Crippen MR) is 382 cm³/mol. The van der Waals surface area contributed by atoms with Crippen LogP contribution in [0.15, 0.2) is 0 Å². The fourth-order valence-corrected chi connectivity index (χ4v) is 10.6. The van der Waals surface area contributed by atoms with Gasteiger partial charge in [-0.2, -0.15) is 0 Å². The molecule has 0 fully saturated rings. The van der Waals surface area contributed by atoms with E-state index >= 15 is 0 Å². The van der Waals surface area contributed by atoms with E-state index in [2.05, 4.69) is 74.4 Å². The molecule has 0 aliphatic carbocycles. The Morgan fingerprint density at radius 1 is 0.210 bits per heavy atom. The number of nitrogens with one attached hydrogen (secondary N) is 14. The summed E-state index contributed by atoms with van der Waals surface area (Å²) in [6.07, 6.45) is 17.8. The van der Waals surface area contributed by atoms with Crippen molar-refractivity contribution in [1.82, 2.24) is 74.4 Å². The minimum Gasteiger partial charge on any atom is -0.370 e. The van der Waals surface area contributed by atoms with E-state index < -0.39 is 41.9 Å². The van der Waals surface area contributed by atoms with Crippen LogP contribution in [-0.4, -0.2) is 178 Å². The largest absolute Gasteiger partial charge is 0.370 e. The fourth-order valence-electron chi connectivity index (χ4n) is 10.6. The highest BCUT2D eigenvalue weighted by Gasteiger charge is 2.25. The summed E-state index contributed by atoms with van der Waals surface area (Å²) < 4.78 is 0. The van der Waals surface area contributed by atoms with E-state index in [4.69, 9.17) is 5.73 Å². The first-order chi connectivity index (χ1) is 47.9. The number of amides is 15. The lowest BCUT2D eigenvalue weighted by Crippen LogP contribution is -2.48. The summed E-state index contributed by atoms with van der Waals surface area (Å²) in [5.41, 5.74) is 5.25. The predicted octanol–water partition coefficient (Wildman–Crippen LogP) is 2.72. The van der Waals surface area contributed by atoms with Crippen LogP contribution in [0.2, 0.25) is 0 Å². The van der Waals surface area contributed by atoms with E-state index in [1.807, 2.05) is 0 Å². The number of carbonyl (C=O) groups excluding carboxylic acids is 15. The normalized spacial score (nSPS) is 12.0. The van der Waals surface area contributed by atoms with Crippen LogP contribution in [0.25, 0.3) is 0 Å². The third kappa shape index (κ3) is 59.0. The Kier molecular flexibility index (Phi) is 57.2. The third-order valence-corrected chi connectivity index (χ3v) is 16.2. The number of hydrogen-bond donors (Lipinski definition) is 15. The van der Waals surface area contributed by atoms with E-state index in [9.17, 15) is 71.9 Å². The summed E-state index contributed by atoms with van der Waals surface area (Å²) in [5, 5.41) is 39.7. The lowest BCUT2D eigenvalue weighted by atomic mass is 10.1. The van der Waals surface area contributed by atoms with Gasteiger partial charge in [-0.3, -0.25) is 71.9 Å². The SMILES string of the molecule is CC(=O)NCCCCCC(=O)NCCCCC(NC(=O)CCCCCNC(C)=O)C(=O)NCCCCC(NC(=O)CCCCCNC(C)=O)C(=O)NCCCCC(NC(=O)CCCCCNC(C)=O)C(=O)NCCCCC(NC(=O)CCCCCNC(C)=O)C(=O)NCCCCCC(N)=O. The van der Waals surface area contributed by atoms with Crippen LogP contribution in [-0.2, 0) is 71.9 Å². The molecular weight excluding hydrogens is 1290 g/mol. The molecule has 0 aromatic heterocycles. The van der Waals surface area contributed by atoms with Gasteiger partial charge in [-0.25, -0.2) is 0 Å². The average molecular weight is 1420 g/mol. The van der Waals surface area contributed by atoms with Crippen molar-refractivity contribution in [2.75, 3.05) is 65.4 Å².